The number of β-lactam (4-membered cyclic amide) rings is 1. The lowest BCUT2D eigenvalue weighted by atomic mass is 10.2. The van der Waals surface area contributed by atoms with Gasteiger partial charge >= 0.3 is 16.2 Å². The predicted octanol–water partition coefficient (Wildman–Crippen LogP) is -1.35. The number of hydrogen-bond donors (Lipinski definition) is 1. The summed E-state index contributed by atoms with van der Waals surface area (Å²) in [6, 6.07) is -1.04. The van der Waals surface area contributed by atoms with Gasteiger partial charge in [0.25, 0.3) is 0 Å². The Labute approximate surface area is 92.4 Å². The van der Waals surface area contributed by atoms with Crippen molar-refractivity contribution in [2.24, 2.45) is 0 Å². The fourth-order valence-electron chi connectivity index (χ4n) is 0.933. The zero-order chi connectivity index (χ0) is 12.5. The van der Waals surface area contributed by atoms with Crippen LogP contribution in [0.2, 0.25) is 0 Å². The molecule has 1 N–H and O–H groups in total. The van der Waals surface area contributed by atoms with Gasteiger partial charge in [-0.05, 0) is 0 Å². The van der Waals surface area contributed by atoms with Crippen molar-refractivity contribution in [2.45, 2.75) is 13.3 Å². The molecule has 1 aliphatic heterocycles. The quantitative estimate of drug-likeness (QED) is 0.609. The van der Waals surface area contributed by atoms with Crippen LogP contribution in [0.15, 0.2) is 0 Å². The zero-order valence-electron chi connectivity index (χ0n) is 8.76. The van der Waals surface area contributed by atoms with Crippen molar-refractivity contribution in [2.75, 3.05) is 13.6 Å². The Morgan fingerprint density at radius 3 is 2.31 bits per heavy atom. The molecular weight excluding hydrogens is 238 g/mol. The third kappa shape index (κ3) is 2.30. The van der Waals surface area contributed by atoms with E-state index in [2.05, 4.69) is 0 Å². The minimum atomic E-state index is -4.21. The Kier molecular flexibility index (Phi) is 3.17. The molecule has 0 saturated carbocycles. The van der Waals surface area contributed by atoms with E-state index in [1.807, 2.05) is 0 Å². The maximum atomic E-state index is 11.4. The lowest BCUT2D eigenvalue weighted by Crippen LogP contribution is -2.55. The second kappa shape index (κ2) is 4.08. The van der Waals surface area contributed by atoms with Crippen LogP contribution < -0.4 is 4.72 Å². The Morgan fingerprint density at radius 1 is 1.44 bits per heavy atom. The van der Waals surface area contributed by atoms with E-state index < -0.39 is 28.1 Å². The van der Waals surface area contributed by atoms with Gasteiger partial charge in [0.15, 0.2) is 0 Å². The van der Waals surface area contributed by atoms with Crippen molar-refractivity contribution >= 4 is 28.1 Å². The molecule has 0 aromatic heterocycles. The molecule has 0 radical (unpaired) electrons. The maximum absolute atomic E-state index is 11.4. The monoisotopic (exact) mass is 249 g/mol. The van der Waals surface area contributed by atoms with E-state index in [-0.39, 0.29) is 13.0 Å². The number of rotatable bonds is 2. The molecule has 1 heterocycles. The first kappa shape index (κ1) is 12.4. The molecule has 90 valence electrons. The molecule has 0 bridgehead atoms. The maximum Gasteiger partial charge on any atom is 0.339 e. The van der Waals surface area contributed by atoms with Gasteiger partial charge in [0.05, 0.1) is 0 Å². The molecule has 8 nitrogen and oxygen atoms in total. The number of nitrogens with zero attached hydrogens (tertiary/aromatic N) is 2. The van der Waals surface area contributed by atoms with Gasteiger partial charge in [-0.25, -0.2) is 13.8 Å². The van der Waals surface area contributed by atoms with Crippen molar-refractivity contribution in [1.82, 2.24) is 13.9 Å². The summed E-state index contributed by atoms with van der Waals surface area (Å²) in [6.45, 7) is 1.22. The van der Waals surface area contributed by atoms with Crippen molar-refractivity contribution in [3.8, 4) is 0 Å². The second-order valence-electron chi connectivity index (χ2n) is 3.19. The van der Waals surface area contributed by atoms with Crippen molar-refractivity contribution in [3.05, 3.63) is 0 Å². The Bertz CT molecular complexity index is 443. The van der Waals surface area contributed by atoms with Gasteiger partial charge in [-0.1, -0.05) is 0 Å². The summed E-state index contributed by atoms with van der Waals surface area (Å²) in [6.07, 6.45) is 0.218. The molecule has 0 unspecified atom stereocenters. The van der Waals surface area contributed by atoms with Crippen molar-refractivity contribution < 1.29 is 22.8 Å². The molecular formula is C7H11N3O5S. The molecule has 1 saturated heterocycles. The van der Waals surface area contributed by atoms with Gasteiger partial charge in [0.2, 0.25) is 11.8 Å². The molecule has 0 atom stereocenters. The lowest BCUT2D eigenvalue weighted by Gasteiger charge is -2.28. The lowest BCUT2D eigenvalue weighted by molar-refractivity contribution is -0.135. The van der Waals surface area contributed by atoms with Gasteiger partial charge < -0.3 is 0 Å². The average Bonchev–Trinajstić information content (AvgIpc) is 2.12. The van der Waals surface area contributed by atoms with Crippen LogP contribution in [-0.2, 0) is 19.8 Å². The first-order chi connectivity index (χ1) is 7.25. The van der Waals surface area contributed by atoms with Crippen LogP contribution in [0.3, 0.4) is 0 Å². The summed E-state index contributed by atoms with van der Waals surface area (Å²) in [5, 5.41) is 0. The molecule has 0 aromatic carbocycles. The number of imide groups is 1. The molecule has 16 heavy (non-hydrogen) atoms. The van der Waals surface area contributed by atoms with E-state index >= 15 is 0 Å². The number of amides is 4. The topological polar surface area (TPSA) is 104 Å². The number of likely N-dealkylation sites (tertiary alicyclic amines) is 1. The van der Waals surface area contributed by atoms with Crippen molar-refractivity contribution in [1.29, 1.82) is 0 Å². The van der Waals surface area contributed by atoms with Gasteiger partial charge in [-0.2, -0.15) is 8.42 Å². The fraction of sp³-hybridized carbons (Fsp3) is 0.571. The largest absolute Gasteiger partial charge is 0.339 e. The van der Waals surface area contributed by atoms with E-state index in [1.165, 1.54) is 0 Å². The average molecular weight is 249 g/mol. The van der Waals surface area contributed by atoms with Crippen LogP contribution in [-0.4, -0.2) is 49.1 Å². The second-order valence-corrected chi connectivity index (χ2v) is 4.90. The van der Waals surface area contributed by atoms with E-state index in [9.17, 15) is 22.8 Å². The number of carbonyl (C=O) groups excluding carboxylic acids is 3. The molecule has 4 amide bonds. The SMILES string of the molecule is CC(=O)N(C)S(=O)(=O)NC(=O)N1CCC1=O. The van der Waals surface area contributed by atoms with Gasteiger partial charge in [0, 0.05) is 26.9 Å². The molecule has 0 aromatic rings. The first-order valence-electron chi connectivity index (χ1n) is 4.37. The summed E-state index contributed by atoms with van der Waals surface area (Å²) in [5.74, 6) is -1.19. The summed E-state index contributed by atoms with van der Waals surface area (Å²) < 4.78 is 24.7. The van der Waals surface area contributed by atoms with E-state index in [4.69, 9.17) is 0 Å². The van der Waals surface area contributed by atoms with Gasteiger partial charge in [-0.15, -0.1) is 0 Å². The normalized spacial score (nSPS) is 15.4. The highest BCUT2D eigenvalue weighted by molar-refractivity contribution is 7.88. The number of hydrogen-bond acceptors (Lipinski definition) is 5. The highest BCUT2D eigenvalue weighted by atomic mass is 32.2. The molecule has 9 heteroatoms. The van der Waals surface area contributed by atoms with Gasteiger partial charge in [-0.3, -0.25) is 14.5 Å². The standard InChI is InChI=1S/C7H11N3O5S/c1-5(11)9(2)16(14,15)8-7(13)10-4-3-6(10)12/h3-4H2,1-2H3,(H,8,13). The minimum absolute atomic E-state index is 0.184. The minimum Gasteiger partial charge on any atom is -0.274 e. The number of nitrogens with one attached hydrogen (secondary N) is 1. The zero-order valence-corrected chi connectivity index (χ0v) is 9.57. The Hall–Kier alpha value is -1.64. The third-order valence-electron chi connectivity index (χ3n) is 2.12. The Balaban J connectivity index is 2.70. The van der Waals surface area contributed by atoms with E-state index in [1.54, 1.807) is 4.72 Å². The van der Waals surface area contributed by atoms with Crippen LogP contribution in [0.5, 0.6) is 0 Å². The summed E-state index contributed by atoms with van der Waals surface area (Å²) >= 11 is 0. The molecule has 1 fully saturated rings. The summed E-state index contributed by atoms with van der Waals surface area (Å²) in [7, 11) is -3.20. The first-order valence-corrected chi connectivity index (χ1v) is 5.81. The summed E-state index contributed by atoms with van der Waals surface area (Å²) in [4.78, 5) is 33.7. The molecule has 0 spiro atoms. The van der Waals surface area contributed by atoms with Crippen LogP contribution >= 0.6 is 0 Å². The summed E-state index contributed by atoms with van der Waals surface area (Å²) in [5.41, 5.74) is 0. The highest BCUT2D eigenvalue weighted by Gasteiger charge is 2.33. The highest BCUT2D eigenvalue weighted by Crippen LogP contribution is 2.09. The van der Waals surface area contributed by atoms with Crippen LogP contribution in [0.4, 0.5) is 4.79 Å². The smallest absolute Gasteiger partial charge is 0.274 e. The number of urea groups is 1. The Morgan fingerprint density at radius 2 is 2.00 bits per heavy atom. The predicted molar refractivity (Wildman–Crippen MR) is 52.2 cm³/mol. The van der Waals surface area contributed by atoms with Crippen LogP contribution in [0.1, 0.15) is 13.3 Å². The van der Waals surface area contributed by atoms with Crippen LogP contribution in [0, 0.1) is 0 Å². The molecule has 0 aliphatic carbocycles. The van der Waals surface area contributed by atoms with E-state index in [0.717, 1.165) is 18.9 Å². The van der Waals surface area contributed by atoms with Gasteiger partial charge in [0.1, 0.15) is 0 Å². The van der Waals surface area contributed by atoms with Crippen molar-refractivity contribution in [3.63, 3.8) is 0 Å². The van der Waals surface area contributed by atoms with E-state index in [0.29, 0.717) is 4.31 Å². The molecule has 1 rings (SSSR count). The van der Waals surface area contributed by atoms with Crippen LogP contribution in [0.25, 0.3) is 0 Å². The number of carbonyl (C=O) groups is 3. The molecule has 1 aliphatic rings. The fourth-order valence-corrected chi connectivity index (χ4v) is 1.74. The third-order valence-corrected chi connectivity index (χ3v) is 3.53.